The lowest BCUT2D eigenvalue weighted by atomic mass is 10.1. The molecule has 0 spiro atoms. The van der Waals surface area contributed by atoms with E-state index in [0.29, 0.717) is 18.8 Å². The van der Waals surface area contributed by atoms with Crippen molar-refractivity contribution in [2.24, 2.45) is 0 Å². The Balaban J connectivity index is 1.52. The van der Waals surface area contributed by atoms with Crippen LogP contribution in [0.1, 0.15) is 27.0 Å². The lowest BCUT2D eigenvalue weighted by molar-refractivity contribution is 0.0472. The standard InChI is InChI=1S/C22H20O3/c23-22(25-17-19-10-5-2-6-11-19)21-13-7-12-20(14-21)16-24-15-18-8-3-1-4-9-18/h1-14H,15-17H2. The molecule has 0 atom stereocenters. The van der Waals surface area contributed by atoms with E-state index in [4.69, 9.17) is 9.47 Å². The first-order chi connectivity index (χ1) is 12.3. The summed E-state index contributed by atoms with van der Waals surface area (Å²) >= 11 is 0. The second-order valence-corrected chi connectivity index (χ2v) is 5.74. The zero-order chi connectivity index (χ0) is 17.3. The van der Waals surface area contributed by atoms with E-state index in [1.165, 1.54) is 0 Å². The van der Waals surface area contributed by atoms with Crippen LogP contribution in [0.25, 0.3) is 0 Å². The highest BCUT2D eigenvalue weighted by Gasteiger charge is 2.08. The molecular formula is C22H20O3. The Labute approximate surface area is 147 Å². The van der Waals surface area contributed by atoms with Crippen molar-refractivity contribution in [1.29, 1.82) is 0 Å². The summed E-state index contributed by atoms with van der Waals surface area (Å²) in [7, 11) is 0. The molecule has 0 aliphatic carbocycles. The summed E-state index contributed by atoms with van der Waals surface area (Å²) in [5, 5.41) is 0. The molecule has 3 aromatic rings. The molecule has 3 nitrogen and oxygen atoms in total. The van der Waals surface area contributed by atoms with Crippen LogP contribution in [0.3, 0.4) is 0 Å². The molecule has 0 saturated carbocycles. The van der Waals surface area contributed by atoms with E-state index in [-0.39, 0.29) is 12.6 Å². The normalized spacial score (nSPS) is 10.4. The van der Waals surface area contributed by atoms with Gasteiger partial charge in [-0.2, -0.15) is 0 Å². The van der Waals surface area contributed by atoms with Crippen molar-refractivity contribution in [3.8, 4) is 0 Å². The minimum Gasteiger partial charge on any atom is -0.457 e. The van der Waals surface area contributed by atoms with Gasteiger partial charge < -0.3 is 9.47 Å². The van der Waals surface area contributed by atoms with Crippen LogP contribution < -0.4 is 0 Å². The minimum absolute atomic E-state index is 0.272. The van der Waals surface area contributed by atoms with E-state index in [2.05, 4.69) is 0 Å². The largest absolute Gasteiger partial charge is 0.457 e. The minimum atomic E-state index is -0.325. The van der Waals surface area contributed by atoms with Gasteiger partial charge in [0, 0.05) is 0 Å². The summed E-state index contributed by atoms with van der Waals surface area (Å²) in [6.45, 7) is 1.27. The van der Waals surface area contributed by atoms with Crippen molar-refractivity contribution in [3.05, 3.63) is 107 Å². The first-order valence-corrected chi connectivity index (χ1v) is 8.23. The molecule has 0 aliphatic rings. The average Bonchev–Trinajstić information content (AvgIpc) is 2.68. The molecule has 0 N–H and O–H groups in total. The lowest BCUT2D eigenvalue weighted by Crippen LogP contribution is -2.06. The van der Waals surface area contributed by atoms with Gasteiger partial charge in [0.05, 0.1) is 18.8 Å². The van der Waals surface area contributed by atoms with Gasteiger partial charge in [0.1, 0.15) is 6.61 Å². The topological polar surface area (TPSA) is 35.5 Å². The molecule has 0 aliphatic heterocycles. The Kier molecular flexibility index (Phi) is 5.96. The van der Waals surface area contributed by atoms with Crippen molar-refractivity contribution < 1.29 is 14.3 Å². The predicted molar refractivity (Wildman–Crippen MR) is 96.9 cm³/mol. The molecule has 0 fully saturated rings. The summed E-state index contributed by atoms with van der Waals surface area (Å²) in [6.07, 6.45) is 0. The van der Waals surface area contributed by atoms with Crippen molar-refractivity contribution >= 4 is 5.97 Å². The fourth-order valence-electron chi connectivity index (χ4n) is 2.46. The molecule has 3 aromatic carbocycles. The third kappa shape index (κ3) is 5.30. The number of hydrogen-bond acceptors (Lipinski definition) is 3. The van der Waals surface area contributed by atoms with Crippen LogP contribution in [-0.4, -0.2) is 5.97 Å². The zero-order valence-corrected chi connectivity index (χ0v) is 13.9. The molecule has 0 bridgehead atoms. The van der Waals surface area contributed by atoms with Gasteiger partial charge in [0.15, 0.2) is 0 Å². The van der Waals surface area contributed by atoms with Gasteiger partial charge in [-0.25, -0.2) is 4.79 Å². The predicted octanol–water partition coefficient (Wildman–Crippen LogP) is 4.76. The number of benzene rings is 3. The van der Waals surface area contributed by atoms with E-state index >= 15 is 0 Å². The second kappa shape index (κ2) is 8.81. The molecule has 126 valence electrons. The van der Waals surface area contributed by atoms with Gasteiger partial charge in [-0.05, 0) is 28.8 Å². The van der Waals surface area contributed by atoms with E-state index in [9.17, 15) is 4.79 Å². The maximum absolute atomic E-state index is 12.2. The van der Waals surface area contributed by atoms with Crippen molar-refractivity contribution in [3.63, 3.8) is 0 Å². The fourth-order valence-corrected chi connectivity index (χ4v) is 2.46. The number of hydrogen-bond donors (Lipinski definition) is 0. The van der Waals surface area contributed by atoms with E-state index in [1.54, 1.807) is 6.07 Å². The number of rotatable bonds is 7. The highest BCUT2D eigenvalue weighted by Crippen LogP contribution is 2.11. The Morgan fingerprint density at radius 1 is 0.640 bits per heavy atom. The average molecular weight is 332 g/mol. The van der Waals surface area contributed by atoms with Gasteiger partial charge >= 0.3 is 5.97 Å². The SMILES string of the molecule is O=C(OCc1ccccc1)c1cccc(COCc2ccccc2)c1. The fraction of sp³-hybridized carbons (Fsp3) is 0.136. The van der Waals surface area contributed by atoms with Gasteiger partial charge in [-0.1, -0.05) is 72.8 Å². The van der Waals surface area contributed by atoms with E-state index in [1.807, 2.05) is 78.9 Å². The van der Waals surface area contributed by atoms with Crippen molar-refractivity contribution in [1.82, 2.24) is 0 Å². The number of carbonyl (C=O) groups is 1. The van der Waals surface area contributed by atoms with Crippen LogP contribution in [0, 0.1) is 0 Å². The van der Waals surface area contributed by atoms with Crippen LogP contribution in [-0.2, 0) is 29.3 Å². The molecule has 0 heterocycles. The maximum Gasteiger partial charge on any atom is 0.338 e. The van der Waals surface area contributed by atoms with Gasteiger partial charge in [0.25, 0.3) is 0 Å². The van der Waals surface area contributed by atoms with Crippen molar-refractivity contribution in [2.45, 2.75) is 19.8 Å². The van der Waals surface area contributed by atoms with Gasteiger partial charge in [-0.3, -0.25) is 0 Å². The smallest absolute Gasteiger partial charge is 0.338 e. The lowest BCUT2D eigenvalue weighted by Gasteiger charge is -2.08. The number of carbonyl (C=O) groups excluding carboxylic acids is 1. The highest BCUT2D eigenvalue weighted by molar-refractivity contribution is 5.89. The first-order valence-electron chi connectivity index (χ1n) is 8.23. The zero-order valence-electron chi connectivity index (χ0n) is 13.9. The Morgan fingerprint density at radius 2 is 1.20 bits per heavy atom. The summed E-state index contributed by atoms with van der Waals surface area (Å²) in [4.78, 5) is 12.2. The van der Waals surface area contributed by atoms with Crippen LogP contribution in [0.4, 0.5) is 0 Å². The summed E-state index contributed by atoms with van der Waals surface area (Å²) < 4.78 is 11.1. The molecule has 0 saturated heterocycles. The molecule has 0 unspecified atom stereocenters. The third-order valence-electron chi connectivity index (χ3n) is 3.76. The molecule has 0 amide bonds. The molecule has 3 rings (SSSR count). The molecule has 25 heavy (non-hydrogen) atoms. The number of esters is 1. The third-order valence-corrected chi connectivity index (χ3v) is 3.76. The maximum atomic E-state index is 12.2. The monoisotopic (exact) mass is 332 g/mol. The number of ether oxygens (including phenoxy) is 2. The highest BCUT2D eigenvalue weighted by atomic mass is 16.5. The second-order valence-electron chi connectivity index (χ2n) is 5.74. The van der Waals surface area contributed by atoms with E-state index < -0.39 is 0 Å². The van der Waals surface area contributed by atoms with Crippen LogP contribution in [0.15, 0.2) is 84.9 Å². The van der Waals surface area contributed by atoms with Crippen LogP contribution >= 0.6 is 0 Å². The summed E-state index contributed by atoms with van der Waals surface area (Å²) in [5.74, 6) is -0.325. The van der Waals surface area contributed by atoms with E-state index in [0.717, 1.165) is 16.7 Å². The Hall–Kier alpha value is -2.91. The molecule has 0 radical (unpaired) electrons. The Bertz CT molecular complexity index is 798. The van der Waals surface area contributed by atoms with Gasteiger partial charge in [0.2, 0.25) is 0 Å². The summed E-state index contributed by atoms with van der Waals surface area (Å²) in [6, 6.07) is 27.0. The molecular weight excluding hydrogens is 312 g/mol. The molecule has 3 heteroatoms. The summed E-state index contributed by atoms with van der Waals surface area (Å²) in [5.41, 5.74) is 3.58. The first kappa shape index (κ1) is 16.9. The molecule has 0 aromatic heterocycles. The van der Waals surface area contributed by atoms with Crippen LogP contribution in [0.5, 0.6) is 0 Å². The van der Waals surface area contributed by atoms with Gasteiger partial charge in [-0.15, -0.1) is 0 Å². The Morgan fingerprint density at radius 3 is 1.88 bits per heavy atom. The van der Waals surface area contributed by atoms with Crippen molar-refractivity contribution in [2.75, 3.05) is 0 Å². The van der Waals surface area contributed by atoms with Crippen LogP contribution in [0.2, 0.25) is 0 Å². The quantitative estimate of drug-likeness (QED) is 0.585.